The van der Waals surface area contributed by atoms with Crippen molar-refractivity contribution in [3.8, 4) is 5.75 Å². The summed E-state index contributed by atoms with van der Waals surface area (Å²) in [5.41, 5.74) is 0.230. The Morgan fingerprint density at radius 2 is 1.75 bits per heavy atom. The number of hydrogen-bond donors (Lipinski definition) is 3. The molecule has 3 unspecified atom stereocenters. The second-order valence-corrected chi connectivity index (χ2v) is 11.4. The van der Waals surface area contributed by atoms with Crippen LogP contribution in [-0.4, -0.2) is 63.6 Å². The molecule has 0 bridgehead atoms. The minimum absolute atomic E-state index is 0.0278. The van der Waals surface area contributed by atoms with Gasteiger partial charge in [0.05, 0.1) is 0 Å². The highest BCUT2D eigenvalue weighted by Gasteiger charge is 2.39. The number of nitrogens with one attached hydrogen (secondary N) is 2. The molecule has 3 amide bonds. The highest BCUT2D eigenvalue weighted by molar-refractivity contribution is 7.98. The van der Waals surface area contributed by atoms with Crippen LogP contribution in [0, 0.1) is 6.92 Å². The fourth-order valence-corrected chi connectivity index (χ4v) is 4.42. The lowest BCUT2D eigenvalue weighted by Gasteiger charge is -2.38. The van der Waals surface area contributed by atoms with Gasteiger partial charge in [-0.15, -0.1) is 0 Å². The number of benzene rings is 1. The first-order valence-corrected chi connectivity index (χ1v) is 14.0. The molecular formula is C27H45N3O5S. The lowest BCUT2D eigenvalue weighted by atomic mass is 9.97. The Kier molecular flexibility index (Phi) is 12.6. The summed E-state index contributed by atoms with van der Waals surface area (Å²) in [6.45, 7) is 14.6. The summed E-state index contributed by atoms with van der Waals surface area (Å²) in [7, 11) is 0. The Morgan fingerprint density at radius 3 is 2.28 bits per heavy atom. The van der Waals surface area contributed by atoms with Gasteiger partial charge in [-0.25, -0.2) is 4.79 Å². The average Bonchev–Trinajstić information content (AvgIpc) is 2.75. The van der Waals surface area contributed by atoms with E-state index in [1.54, 1.807) is 57.7 Å². The van der Waals surface area contributed by atoms with Crippen molar-refractivity contribution in [2.75, 3.05) is 12.0 Å². The summed E-state index contributed by atoms with van der Waals surface area (Å²) in [5, 5.41) is 16.6. The Labute approximate surface area is 220 Å². The Balaban J connectivity index is 3.52. The number of carbonyl (C=O) groups excluding carboxylic acids is 3. The first kappa shape index (κ1) is 31.6. The zero-order valence-corrected chi connectivity index (χ0v) is 24.1. The van der Waals surface area contributed by atoms with Gasteiger partial charge < -0.3 is 25.4 Å². The molecule has 0 fully saturated rings. The molecule has 0 aliphatic heterocycles. The molecule has 0 aliphatic carbocycles. The number of thioether (sulfide) groups is 1. The van der Waals surface area contributed by atoms with Crippen LogP contribution in [0.25, 0.3) is 0 Å². The molecule has 0 saturated heterocycles. The third-order valence-electron chi connectivity index (χ3n) is 5.61. The molecule has 3 atom stereocenters. The number of aromatic hydroxyl groups is 1. The van der Waals surface area contributed by atoms with Crippen molar-refractivity contribution in [2.45, 2.75) is 104 Å². The van der Waals surface area contributed by atoms with Crippen molar-refractivity contribution in [2.24, 2.45) is 0 Å². The number of phenolic OH excluding ortho intramolecular Hbond substituents is 1. The van der Waals surface area contributed by atoms with Gasteiger partial charge in [-0.1, -0.05) is 31.5 Å². The Morgan fingerprint density at radius 1 is 1.11 bits per heavy atom. The topological polar surface area (TPSA) is 108 Å². The van der Waals surface area contributed by atoms with Crippen molar-refractivity contribution >= 4 is 29.7 Å². The van der Waals surface area contributed by atoms with Crippen molar-refractivity contribution < 1.29 is 24.2 Å². The molecule has 1 aromatic rings. The van der Waals surface area contributed by atoms with Gasteiger partial charge in [0, 0.05) is 17.6 Å². The summed E-state index contributed by atoms with van der Waals surface area (Å²) in [4.78, 5) is 41.7. The molecule has 0 saturated carbocycles. The van der Waals surface area contributed by atoms with Crippen LogP contribution in [0.2, 0.25) is 0 Å². The quantitative estimate of drug-likeness (QED) is 0.359. The summed E-state index contributed by atoms with van der Waals surface area (Å²) in [6, 6.07) is 2.70. The molecule has 0 aromatic heterocycles. The fourth-order valence-electron chi connectivity index (χ4n) is 3.95. The van der Waals surface area contributed by atoms with Crippen molar-refractivity contribution in [1.82, 2.24) is 15.5 Å². The molecule has 9 heteroatoms. The number of aryl methyl sites for hydroxylation is 1. The first-order valence-electron chi connectivity index (χ1n) is 12.6. The predicted octanol–water partition coefficient (Wildman–Crippen LogP) is 4.93. The maximum atomic E-state index is 14.0. The van der Waals surface area contributed by atoms with E-state index < -0.39 is 35.7 Å². The van der Waals surface area contributed by atoms with Crippen LogP contribution < -0.4 is 10.6 Å². The number of alkyl carbamates (subject to hydrolysis) is 1. The van der Waals surface area contributed by atoms with Crippen LogP contribution in [-0.2, 0) is 14.3 Å². The standard InChI is InChI=1S/C27H45N3O5S/c1-10-12-19(5)28-24(32)22(20-14-11-13-18(4)23(20)31)30(17(2)3)25(33)21(15-16-36-9)29-26(34)35-27(6,7)8/h11,13-14,17,19,21-22,31H,10,12,15-16H2,1-9H3,(H,28,32)(H,29,34). The van der Waals surface area contributed by atoms with E-state index in [1.807, 2.05) is 34.0 Å². The molecule has 8 nitrogen and oxygen atoms in total. The van der Waals surface area contributed by atoms with E-state index in [9.17, 15) is 19.5 Å². The van der Waals surface area contributed by atoms with Gasteiger partial charge in [-0.2, -0.15) is 11.8 Å². The number of para-hydroxylation sites is 1. The monoisotopic (exact) mass is 523 g/mol. The maximum absolute atomic E-state index is 14.0. The second-order valence-electron chi connectivity index (χ2n) is 10.4. The minimum atomic E-state index is -1.08. The summed E-state index contributed by atoms with van der Waals surface area (Å²) < 4.78 is 5.40. The van der Waals surface area contributed by atoms with Gasteiger partial charge in [-0.3, -0.25) is 9.59 Å². The molecule has 204 valence electrons. The van der Waals surface area contributed by atoms with Gasteiger partial charge in [0.15, 0.2) is 0 Å². The lowest BCUT2D eigenvalue weighted by molar-refractivity contribution is -0.145. The minimum Gasteiger partial charge on any atom is -0.507 e. The normalized spacial score (nSPS) is 14.1. The van der Waals surface area contributed by atoms with Crippen LogP contribution in [0.4, 0.5) is 4.79 Å². The molecule has 36 heavy (non-hydrogen) atoms. The molecule has 3 N–H and O–H groups in total. The number of carbonyl (C=O) groups is 3. The van der Waals surface area contributed by atoms with E-state index in [-0.39, 0.29) is 17.7 Å². The zero-order chi connectivity index (χ0) is 27.6. The van der Waals surface area contributed by atoms with Gasteiger partial charge >= 0.3 is 6.09 Å². The van der Waals surface area contributed by atoms with Crippen molar-refractivity contribution in [3.63, 3.8) is 0 Å². The van der Waals surface area contributed by atoms with Gasteiger partial charge in [0.25, 0.3) is 0 Å². The van der Waals surface area contributed by atoms with E-state index >= 15 is 0 Å². The van der Waals surface area contributed by atoms with E-state index in [0.29, 0.717) is 23.3 Å². The van der Waals surface area contributed by atoms with E-state index in [1.165, 1.54) is 4.90 Å². The highest BCUT2D eigenvalue weighted by Crippen LogP contribution is 2.33. The Bertz CT molecular complexity index is 885. The zero-order valence-electron chi connectivity index (χ0n) is 23.3. The van der Waals surface area contributed by atoms with E-state index in [0.717, 1.165) is 12.8 Å². The van der Waals surface area contributed by atoms with E-state index in [2.05, 4.69) is 10.6 Å². The first-order chi connectivity index (χ1) is 16.7. The van der Waals surface area contributed by atoms with Gasteiger partial charge in [0.2, 0.25) is 11.8 Å². The van der Waals surface area contributed by atoms with E-state index in [4.69, 9.17) is 4.74 Å². The maximum Gasteiger partial charge on any atom is 0.408 e. The summed E-state index contributed by atoms with van der Waals surface area (Å²) in [5.74, 6) is -0.188. The van der Waals surface area contributed by atoms with Gasteiger partial charge in [-0.05, 0) is 78.9 Å². The highest BCUT2D eigenvalue weighted by atomic mass is 32.2. The summed E-state index contributed by atoms with van der Waals surface area (Å²) >= 11 is 1.55. The van der Waals surface area contributed by atoms with Crippen molar-refractivity contribution in [1.29, 1.82) is 0 Å². The molecule has 1 rings (SSSR count). The number of phenols is 1. The second kappa shape index (κ2) is 14.4. The number of amides is 3. The molecule has 0 aliphatic rings. The third kappa shape index (κ3) is 9.56. The van der Waals surface area contributed by atoms with Crippen LogP contribution in [0.1, 0.15) is 84.9 Å². The molecule has 0 spiro atoms. The van der Waals surface area contributed by atoms with Crippen molar-refractivity contribution in [3.05, 3.63) is 29.3 Å². The summed E-state index contributed by atoms with van der Waals surface area (Å²) in [6.07, 6.45) is 3.27. The van der Waals surface area contributed by atoms with Crippen LogP contribution >= 0.6 is 11.8 Å². The van der Waals surface area contributed by atoms with Gasteiger partial charge in [0.1, 0.15) is 23.4 Å². The largest absolute Gasteiger partial charge is 0.507 e. The van der Waals surface area contributed by atoms with Crippen LogP contribution in [0.15, 0.2) is 18.2 Å². The molecular weight excluding hydrogens is 478 g/mol. The van der Waals surface area contributed by atoms with Crippen LogP contribution in [0.5, 0.6) is 5.75 Å². The fraction of sp³-hybridized carbons (Fsp3) is 0.667. The Hall–Kier alpha value is -2.42. The number of nitrogens with zero attached hydrogens (tertiary/aromatic N) is 1. The average molecular weight is 524 g/mol. The lowest BCUT2D eigenvalue weighted by Crippen LogP contribution is -2.55. The SMILES string of the molecule is CCCC(C)NC(=O)C(c1cccc(C)c1O)N(C(=O)C(CCSC)NC(=O)OC(C)(C)C)C(C)C. The predicted molar refractivity (Wildman–Crippen MR) is 146 cm³/mol. The molecule has 0 radical (unpaired) electrons. The molecule has 1 aromatic carbocycles. The molecule has 0 heterocycles. The number of hydrogen-bond acceptors (Lipinski definition) is 6. The smallest absolute Gasteiger partial charge is 0.408 e. The van der Waals surface area contributed by atoms with Crippen LogP contribution in [0.3, 0.4) is 0 Å². The third-order valence-corrected chi connectivity index (χ3v) is 6.25. The number of ether oxygens (including phenoxy) is 1. The number of rotatable bonds is 12.